The minimum Gasteiger partial charge on any atom is -0.445 e. The van der Waals surface area contributed by atoms with Crippen LogP contribution in [0.3, 0.4) is 0 Å². The summed E-state index contributed by atoms with van der Waals surface area (Å²) in [6.45, 7) is 0. The van der Waals surface area contributed by atoms with Crippen molar-refractivity contribution in [2.45, 2.75) is 18.5 Å². The molecule has 0 amide bonds. The average molecular weight is 381 g/mol. The molecule has 2 rings (SSSR count). The number of rotatable bonds is 4. The predicted molar refractivity (Wildman–Crippen MR) is 77.5 cm³/mol. The van der Waals surface area contributed by atoms with E-state index in [1.54, 1.807) is 0 Å². The van der Waals surface area contributed by atoms with E-state index in [1.807, 2.05) is 0 Å². The van der Waals surface area contributed by atoms with Crippen LogP contribution in [-0.4, -0.2) is 17.1 Å². The van der Waals surface area contributed by atoms with Crippen LogP contribution < -0.4 is 0 Å². The zero-order valence-electron chi connectivity index (χ0n) is 12.1. The predicted octanol–water partition coefficient (Wildman–Crippen LogP) is 5.02. The largest absolute Gasteiger partial charge is 0.445 e. The zero-order chi connectivity index (χ0) is 18.7. The molecule has 2 aromatic rings. The number of aromatic nitrogens is 1. The molecular weight excluding hydrogens is 372 g/mol. The van der Waals surface area contributed by atoms with Gasteiger partial charge in [-0.25, -0.2) is 9.78 Å². The van der Waals surface area contributed by atoms with Gasteiger partial charge in [0, 0.05) is 17.0 Å². The minimum atomic E-state index is -5.22. The summed E-state index contributed by atoms with van der Waals surface area (Å²) in [6.07, 6.45) is -11.5. The first-order valence-corrected chi connectivity index (χ1v) is 7.53. The number of alkyl halides is 6. The molecule has 0 fully saturated rings. The third kappa shape index (κ3) is 5.05. The Kier molecular flexibility index (Phi) is 5.51. The maximum atomic E-state index is 13.2. The van der Waals surface area contributed by atoms with Gasteiger partial charge in [0.2, 0.25) is 6.10 Å². The average Bonchev–Trinajstić information content (AvgIpc) is 3.02. The summed E-state index contributed by atoms with van der Waals surface area (Å²) in [5, 5.41) is 1.52. The van der Waals surface area contributed by atoms with Crippen molar-refractivity contribution in [2.75, 3.05) is 0 Å². The molecule has 0 aliphatic carbocycles. The first-order chi connectivity index (χ1) is 11.6. The number of ether oxygens (including phenoxy) is 1. The van der Waals surface area contributed by atoms with Crippen LogP contribution in [0.1, 0.15) is 22.9 Å². The first-order valence-electron chi connectivity index (χ1n) is 6.59. The molecular formula is C15H9F6NO2S. The molecule has 0 unspecified atom stereocenters. The van der Waals surface area contributed by atoms with Crippen molar-refractivity contribution in [3.8, 4) is 0 Å². The van der Waals surface area contributed by atoms with E-state index < -0.39 is 35.6 Å². The second kappa shape index (κ2) is 7.26. The molecule has 0 aliphatic heterocycles. The highest BCUT2D eigenvalue weighted by atomic mass is 32.1. The van der Waals surface area contributed by atoms with Gasteiger partial charge in [-0.3, -0.25) is 0 Å². The SMILES string of the molecule is O=C(/C=C\c1cscn1)O[C@@H](c1ccccc1C(F)(F)F)C(F)(F)F. The maximum Gasteiger partial charge on any atom is 0.429 e. The third-order valence-corrected chi connectivity index (χ3v) is 3.53. The van der Waals surface area contributed by atoms with E-state index in [1.165, 1.54) is 22.2 Å². The minimum absolute atomic E-state index is 0.307. The standard InChI is InChI=1S/C15H9F6NO2S/c16-14(17,18)11-4-2-1-3-10(11)13(15(19,20)21)24-12(23)6-5-9-7-25-8-22-9/h1-8,13H/b6-5-/t13-/m0/s1. The number of thiazole rings is 1. The van der Waals surface area contributed by atoms with Gasteiger partial charge in [0.15, 0.2) is 0 Å². The van der Waals surface area contributed by atoms with Gasteiger partial charge in [-0.15, -0.1) is 11.3 Å². The summed E-state index contributed by atoms with van der Waals surface area (Å²) in [7, 11) is 0. The molecule has 134 valence electrons. The zero-order valence-corrected chi connectivity index (χ0v) is 13.0. The van der Waals surface area contributed by atoms with Gasteiger partial charge in [0.1, 0.15) is 0 Å². The van der Waals surface area contributed by atoms with Crippen LogP contribution in [-0.2, 0) is 15.7 Å². The molecule has 1 aromatic heterocycles. The summed E-state index contributed by atoms with van der Waals surface area (Å²) in [5.41, 5.74) is -0.962. The van der Waals surface area contributed by atoms with Gasteiger partial charge in [-0.1, -0.05) is 18.2 Å². The Labute approximate surface area is 141 Å². The molecule has 3 nitrogen and oxygen atoms in total. The van der Waals surface area contributed by atoms with E-state index in [-0.39, 0.29) is 0 Å². The molecule has 25 heavy (non-hydrogen) atoms. The molecule has 1 atom stereocenters. The molecule has 0 bridgehead atoms. The Hall–Kier alpha value is -2.36. The fourth-order valence-electron chi connectivity index (χ4n) is 1.90. The number of carbonyl (C=O) groups excluding carboxylic acids is 1. The van der Waals surface area contributed by atoms with Crippen LogP contribution in [0.4, 0.5) is 26.3 Å². The fraction of sp³-hybridized carbons (Fsp3) is 0.200. The van der Waals surface area contributed by atoms with Crippen LogP contribution in [0.2, 0.25) is 0 Å². The van der Waals surface area contributed by atoms with Gasteiger partial charge < -0.3 is 4.74 Å². The van der Waals surface area contributed by atoms with Crippen molar-refractivity contribution in [1.82, 2.24) is 4.98 Å². The molecule has 0 saturated heterocycles. The van der Waals surface area contributed by atoms with Crippen molar-refractivity contribution in [2.24, 2.45) is 0 Å². The van der Waals surface area contributed by atoms with Crippen molar-refractivity contribution < 1.29 is 35.9 Å². The summed E-state index contributed by atoms with van der Waals surface area (Å²) in [5.74, 6) is -1.44. The van der Waals surface area contributed by atoms with Gasteiger partial charge in [0.25, 0.3) is 0 Å². The van der Waals surface area contributed by atoms with Crippen LogP contribution >= 0.6 is 11.3 Å². The lowest BCUT2D eigenvalue weighted by atomic mass is 10.0. The number of carbonyl (C=O) groups is 1. The Morgan fingerprint density at radius 1 is 1.16 bits per heavy atom. The van der Waals surface area contributed by atoms with Gasteiger partial charge >= 0.3 is 18.3 Å². The Morgan fingerprint density at radius 2 is 1.84 bits per heavy atom. The number of esters is 1. The van der Waals surface area contributed by atoms with Crippen LogP contribution in [0.25, 0.3) is 6.08 Å². The molecule has 0 spiro atoms. The molecule has 1 heterocycles. The van der Waals surface area contributed by atoms with Crippen molar-refractivity contribution in [3.05, 3.63) is 58.1 Å². The molecule has 1 aromatic carbocycles. The smallest absolute Gasteiger partial charge is 0.429 e. The second-order valence-electron chi connectivity index (χ2n) is 4.69. The van der Waals surface area contributed by atoms with E-state index in [0.717, 1.165) is 18.2 Å². The third-order valence-electron chi connectivity index (χ3n) is 2.92. The Bertz CT molecular complexity index is 752. The molecule has 0 aliphatic rings. The normalized spacial score (nSPS) is 13.8. The molecule has 10 heteroatoms. The van der Waals surface area contributed by atoms with E-state index in [2.05, 4.69) is 9.72 Å². The lowest BCUT2D eigenvalue weighted by molar-refractivity contribution is -0.223. The van der Waals surface area contributed by atoms with Gasteiger partial charge in [0.05, 0.1) is 16.8 Å². The summed E-state index contributed by atoms with van der Waals surface area (Å²) < 4.78 is 82.6. The quantitative estimate of drug-likeness (QED) is 0.424. The molecule has 0 radical (unpaired) electrons. The van der Waals surface area contributed by atoms with E-state index in [9.17, 15) is 31.1 Å². The number of hydrogen-bond donors (Lipinski definition) is 0. The van der Waals surface area contributed by atoms with Crippen LogP contribution in [0, 0.1) is 0 Å². The summed E-state index contributed by atoms with van der Waals surface area (Å²) >= 11 is 1.19. The number of hydrogen-bond acceptors (Lipinski definition) is 4. The highest BCUT2D eigenvalue weighted by Crippen LogP contribution is 2.42. The lowest BCUT2D eigenvalue weighted by Crippen LogP contribution is -2.28. The van der Waals surface area contributed by atoms with Gasteiger partial charge in [-0.2, -0.15) is 26.3 Å². The molecule has 0 saturated carbocycles. The number of nitrogens with zero attached hydrogens (tertiary/aromatic N) is 1. The monoisotopic (exact) mass is 381 g/mol. The van der Waals surface area contributed by atoms with Crippen LogP contribution in [0.5, 0.6) is 0 Å². The highest BCUT2D eigenvalue weighted by molar-refractivity contribution is 7.07. The molecule has 0 N–H and O–H groups in total. The van der Waals surface area contributed by atoms with Crippen molar-refractivity contribution >= 4 is 23.4 Å². The van der Waals surface area contributed by atoms with Crippen molar-refractivity contribution in [1.29, 1.82) is 0 Å². The van der Waals surface area contributed by atoms with Crippen molar-refractivity contribution in [3.63, 3.8) is 0 Å². The lowest BCUT2D eigenvalue weighted by Gasteiger charge is -2.23. The topological polar surface area (TPSA) is 39.2 Å². The van der Waals surface area contributed by atoms with E-state index in [4.69, 9.17) is 0 Å². The Morgan fingerprint density at radius 3 is 2.40 bits per heavy atom. The number of benzene rings is 1. The highest BCUT2D eigenvalue weighted by Gasteiger charge is 2.48. The van der Waals surface area contributed by atoms with E-state index in [0.29, 0.717) is 23.9 Å². The van der Waals surface area contributed by atoms with E-state index >= 15 is 0 Å². The summed E-state index contributed by atoms with van der Waals surface area (Å²) in [4.78, 5) is 15.4. The summed E-state index contributed by atoms with van der Waals surface area (Å²) in [6, 6.07) is 3.07. The Balaban J connectivity index is 2.31. The maximum absolute atomic E-state index is 13.2. The first kappa shape index (κ1) is 19.0. The fourth-order valence-corrected chi connectivity index (χ4v) is 2.43. The number of halogens is 6. The van der Waals surface area contributed by atoms with Crippen LogP contribution in [0.15, 0.2) is 41.2 Å². The van der Waals surface area contributed by atoms with Gasteiger partial charge in [-0.05, 0) is 12.1 Å². The second-order valence-corrected chi connectivity index (χ2v) is 5.41.